The third kappa shape index (κ3) is 4.67. The van der Waals surface area contributed by atoms with E-state index < -0.39 is 30.6 Å². The molecule has 6 nitrogen and oxygen atoms in total. The van der Waals surface area contributed by atoms with Crippen molar-refractivity contribution in [2.45, 2.75) is 37.5 Å². The number of carbonyl (C=O) groups is 1. The van der Waals surface area contributed by atoms with Gasteiger partial charge in [0.05, 0.1) is 16.8 Å². The molecule has 1 aromatic carbocycles. The van der Waals surface area contributed by atoms with Gasteiger partial charge in [0.2, 0.25) is 11.8 Å². The van der Waals surface area contributed by atoms with E-state index in [1.165, 1.54) is 30.6 Å². The maximum atomic E-state index is 15.0. The van der Waals surface area contributed by atoms with Crippen LogP contribution >= 0.6 is 11.6 Å². The van der Waals surface area contributed by atoms with E-state index in [9.17, 15) is 26.7 Å². The fourth-order valence-corrected chi connectivity index (χ4v) is 5.02. The number of ether oxygens (including phenoxy) is 1. The number of hydrogen-bond donors (Lipinski definition) is 1. The molecule has 3 aromatic rings. The normalized spacial score (nSPS) is 18.7. The van der Waals surface area contributed by atoms with Crippen molar-refractivity contribution in [3.63, 3.8) is 0 Å². The predicted octanol–water partition coefficient (Wildman–Crippen LogP) is 6.31. The van der Waals surface area contributed by atoms with Crippen molar-refractivity contribution in [2.24, 2.45) is 0 Å². The van der Waals surface area contributed by atoms with Crippen LogP contribution in [0, 0.1) is 11.8 Å². The smallest absolute Gasteiger partial charge is 0.422 e. The van der Waals surface area contributed by atoms with Crippen molar-refractivity contribution in [1.29, 1.82) is 0 Å². The number of nitrogens with one attached hydrogen (secondary N) is 1. The summed E-state index contributed by atoms with van der Waals surface area (Å²) in [7, 11) is 0. The van der Waals surface area contributed by atoms with Crippen LogP contribution in [0.3, 0.4) is 0 Å². The third-order valence-corrected chi connectivity index (χ3v) is 6.62. The lowest BCUT2D eigenvalue weighted by atomic mass is 9.95. The molecule has 2 amide bonds. The van der Waals surface area contributed by atoms with Crippen molar-refractivity contribution < 1.29 is 31.5 Å². The quantitative estimate of drug-likeness (QED) is 0.321. The molecule has 36 heavy (non-hydrogen) atoms. The van der Waals surface area contributed by atoms with Crippen LogP contribution in [0.4, 0.5) is 32.4 Å². The number of fused-ring (bicyclic) bond motifs is 4. The summed E-state index contributed by atoms with van der Waals surface area (Å²) in [5.74, 6) is -1.54. The molecule has 2 aromatic heterocycles. The summed E-state index contributed by atoms with van der Waals surface area (Å²) >= 11 is 6.33. The number of benzene rings is 1. The van der Waals surface area contributed by atoms with Crippen LogP contribution in [0.25, 0.3) is 11.1 Å². The third-order valence-electron chi connectivity index (χ3n) is 6.30. The van der Waals surface area contributed by atoms with E-state index in [0.717, 1.165) is 6.07 Å². The Morgan fingerprint density at radius 3 is 2.69 bits per heavy atom. The molecule has 2 aliphatic rings. The van der Waals surface area contributed by atoms with Gasteiger partial charge in [-0.25, -0.2) is 19.2 Å². The zero-order chi connectivity index (χ0) is 25.6. The second-order valence-corrected chi connectivity index (χ2v) is 8.97. The monoisotopic (exact) mass is 524 g/mol. The Hall–Kier alpha value is -3.47. The molecule has 188 valence electrons. The van der Waals surface area contributed by atoms with Gasteiger partial charge in [-0.2, -0.15) is 17.6 Å². The second-order valence-electron chi connectivity index (χ2n) is 8.56. The van der Waals surface area contributed by atoms with Gasteiger partial charge in [-0.15, -0.1) is 0 Å². The summed E-state index contributed by atoms with van der Waals surface area (Å²) in [6.07, 6.45) is -0.253. The van der Waals surface area contributed by atoms with E-state index in [1.54, 1.807) is 11.0 Å². The number of carbonyl (C=O) groups excluding carboxylic acids is 1. The summed E-state index contributed by atoms with van der Waals surface area (Å²) in [5.41, 5.74) is 1.65. The molecule has 5 rings (SSSR count). The van der Waals surface area contributed by atoms with E-state index >= 15 is 0 Å². The molecule has 0 saturated carbocycles. The van der Waals surface area contributed by atoms with Crippen molar-refractivity contribution in [3.05, 3.63) is 70.6 Å². The summed E-state index contributed by atoms with van der Waals surface area (Å²) in [5, 5.41) is 2.66. The van der Waals surface area contributed by atoms with Gasteiger partial charge in [-0.1, -0.05) is 11.6 Å². The second kappa shape index (κ2) is 9.20. The fourth-order valence-electron chi connectivity index (χ4n) is 4.75. The standard InChI is InChI=1S/C24H18ClF5N4O2/c25-17-9-19(18(26)8-15(17)12-1-4-21(32-10-12)36-11-24(28,29)30)33-23(35)34-13-2-3-20(34)14-5-6-31-22(27)16(14)7-13/h1,4-6,8-10,13,20H,2-3,7,11H2,(H,33,35)/t13-,20+/m0/s1. The molecule has 0 radical (unpaired) electrons. The van der Waals surface area contributed by atoms with Crippen LogP contribution < -0.4 is 10.1 Å². The maximum Gasteiger partial charge on any atom is 0.422 e. The molecule has 0 aliphatic carbocycles. The number of anilines is 1. The summed E-state index contributed by atoms with van der Waals surface area (Å²) in [6, 6.07) is 5.57. The number of urea groups is 1. The highest BCUT2D eigenvalue weighted by Gasteiger charge is 2.43. The zero-order valence-corrected chi connectivity index (χ0v) is 19.2. The van der Waals surface area contributed by atoms with Gasteiger partial charge in [0, 0.05) is 41.2 Å². The van der Waals surface area contributed by atoms with Gasteiger partial charge in [-0.3, -0.25) is 0 Å². The van der Waals surface area contributed by atoms with E-state index in [2.05, 4.69) is 20.0 Å². The topological polar surface area (TPSA) is 67.3 Å². The van der Waals surface area contributed by atoms with E-state index in [0.29, 0.717) is 36.0 Å². The molecule has 0 unspecified atom stereocenters. The van der Waals surface area contributed by atoms with E-state index in [4.69, 9.17) is 11.6 Å². The molecule has 12 heteroatoms. The average molecular weight is 525 g/mol. The van der Waals surface area contributed by atoms with Crippen LogP contribution in [0.5, 0.6) is 5.88 Å². The van der Waals surface area contributed by atoms with Crippen molar-refractivity contribution in [2.75, 3.05) is 11.9 Å². The molecule has 1 N–H and O–H groups in total. The number of halogens is 6. The summed E-state index contributed by atoms with van der Waals surface area (Å²) in [4.78, 5) is 22.2. The predicted molar refractivity (Wildman–Crippen MR) is 121 cm³/mol. The Morgan fingerprint density at radius 1 is 1.17 bits per heavy atom. The number of alkyl halides is 3. The van der Waals surface area contributed by atoms with Crippen LogP contribution in [0.1, 0.15) is 30.0 Å². The SMILES string of the molecule is O=C(Nc1cc(Cl)c(-c2ccc(OCC(F)(F)F)nc2)cc1F)N1[C@H]2CC[C@@H]1c1ccnc(F)c1C2. The van der Waals surface area contributed by atoms with Gasteiger partial charge < -0.3 is 15.0 Å². The first-order valence-corrected chi connectivity index (χ1v) is 11.4. The number of amides is 2. The molecule has 1 saturated heterocycles. The number of pyridine rings is 2. The molecule has 2 aliphatic heterocycles. The van der Waals surface area contributed by atoms with Crippen LogP contribution in [0.2, 0.25) is 5.02 Å². The highest BCUT2D eigenvalue weighted by atomic mass is 35.5. The number of nitrogens with zero attached hydrogens (tertiary/aromatic N) is 3. The minimum Gasteiger partial charge on any atom is -0.468 e. The van der Waals surface area contributed by atoms with Gasteiger partial charge >= 0.3 is 12.2 Å². The zero-order valence-electron chi connectivity index (χ0n) is 18.5. The molecule has 2 bridgehead atoms. The largest absolute Gasteiger partial charge is 0.468 e. The lowest BCUT2D eigenvalue weighted by Crippen LogP contribution is -2.44. The highest BCUT2D eigenvalue weighted by Crippen LogP contribution is 2.44. The first-order valence-electron chi connectivity index (χ1n) is 11.0. The summed E-state index contributed by atoms with van der Waals surface area (Å²) < 4.78 is 70.6. The van der Waals surface area contributed by atoms with Crippen LogP contribution in [-0.2, 0) is 6.42 Å². The minimum absolute atomic E-state index is 0.0950. The number of hydrogen-bond acceptors (Lipinski definition) is 4. The maximum absolute atomic E-state index is 15.0. The molecular weight excluding hydrogens is 507 g/mol. The first-order chi connectivity index (χ1) is 17.1. The van der Waals surface area contributed by atoms with Gasteiger partial charge in [0.1, 0.15) is 5.82 Å². The van der Waals surface area contributed by atoms with E-state index in [1.807, 2.05) is 0 Å². The first kappa shape index (κ1) is 24.2. The van der Waals surface area contributed by atoms with Crippen molar-refractivity contribution in [3.8, 4) is 17.0 Å². The molecule has 2 atom stereocenters. The van der Waals surface area contributed by atoms with Gasteiger partial charge in [0.25, 0.3) is 0 Å². The fraction of sp³-hybridized carbons (Fsp3) is 0.292. The Morgan fingerprint density at radius 2 is 1.97 bits per heavy atom. The molecule has 1 fully saturated rings. The van der Waals surface area contributed by atoms with E-state index in [-0.39, 0.29) is 34.2 Å². The molecule has 4 heterocycles. The van der Waals surface area contributed by atoms with Crippen LogP contribution in [0.15, 0.2) is 42.7 Å². The average Bonchev–Trinajstić information content (AvgIpc) is 3.15. The Labute approximate surface area is 207 Å². The lowest BCUT2D eigenvalue weighted by molar-refractivity contribution is -0.154. The highest BCUT2D eigenvalue weighted by molar-refractivity contribution is 6.33. The van der Waals surface area contributed by atoms with Crippen molar-refractivity contribution in [1.82, 2.24) is 14.9 Å². The van der Waals surface area contributed by atoms with Crippen LogP contribution in [-0.4, -0.2) is 39.7 Å². The number of rotatable bonds is 4. The van der Waals surface area contributed by atoms with Gasteiger partial charge in [-0.05, 0) is 49.1 Å². The van der Waals surface area contributed by atoms with Gasteiger partial charge in [0.15, 0.2) is 6.61 Å². The lowest BCUT2D eigenvalue weighted by Gasteiger charge is -2.36. The number of aromatic nitrogens is 2. The minimum atomic E-state index is -4.50. The Kier molecular flexibility index (Phi) is 6.19. The molecule has 0 spiro atoms. The van der Waals surface area contributed by atoms with Crippen molar-refractivity contribution >= 4 is 23.3 Å². The molecular formula is C24H18ClF5N4O2. The Balaban J connectivity index is 1.33. The Bertz CT molecular complexity index is 1320. The summed E-state index contributed by atoms with van der Waals surface area (Å²) in [6.45, 7) is -1.49.